The standard InChI is InChI=1S/C24H22FN3O6S/c1-33-22-5-3-2-4-21(22)28-35(31,32)20-13-6-17(7-14-20)8-15-23(29)26-27-24(30)16-34-19-11-9-18(25)10-12-19/h2-15,28H,16H2,1H3,(H,26,29)(H,27,30)/b15-8+. The van der Waals surface area contributed by atoms with Crippen molar-refractivity contribution in [2.45, 2.75) is 4.90 Å². The highest BCUT2D eigenvalue weighted by Gasteiger charge is 2.16. The molecule has 0 saturated heterocycles. The van der Waals surface area contributed by atoms with E-state index in [0.717, 1.165) is 6.08 Å². The number of halogens is 1. The lowest BCUT2D eigenvalue weighted by Gasteiger charge is -2.11. The molecule has 11 heteroatoms. The second-order valence-electron chi connectivity index (χ2n) is 6.99. The number of sulfonamides is 1. The van der Waals surface area contributed by atoms with Gasteiger partial charge in [0, 0.05) is 6.08 Å². The number of hydrazine groups is 1. The zero-order chi connectivity index (χ0) is 25.3. The number of para-hydroxylation sites is 2. The third-order valence-corrected chi connectivity index (χ3v) is 5.86. The largest absolute Gasteiger partial charge is 0.495 e. The van der Waals surface area contributed by atoms with Gasteiger partial charge in [-0.15, -0.1) is 0 Å². The zero-order valence-electron chi connectivity index (χ0n) is 18.5. The summed E-state index contributed by atoms with van der Waals surface area (Å²) in [7, 11) is -2.41. The molecule has 0 atom stereocenters. The Morgan fingerprint density at radius 3 is 2.31 bits per heavy atom. The Labute approximate surface area is 201 Å². The molecule has 35 heavy (non-hydrogen) atoms. The molecule has 0 heterocycles. The van der Waals surface area contributed by atoms with Gasteiger partial charge >= 0.3 is 0 Å². The van der Waals surface area contributed by atoms with Crippen molar-refractivity contribution in [1.82, 2.24) is 10.9 Å². The molecule has 9 nitrogen and oxygen atoms in total. The van der Waals surface area contributed by atoms with Crippen molar-refractivity contribution in [3.8, 4) is 11.5 Å². The number of benzene rings is 3. The van der Waals surface area contributed by atoms with Crippen LogP contribution in [0.2, 0.25) is 0 Å². The molecule has 2 amide bonds. The molecule has 3 N–H and O–H groups in total. The zero-order valence-corrected chi connectivity index (χ0v) is 19.3. The molecule has 3 rings (SSSR count). The molecule has 0 spiro atoms. The van der Waals surface area contributed by atoms with E-state index in [1.165, 1.54) is 61.7 Å². The van der Waals surface area contributed by atoms with Gasteiger partial charge in [-0.25, -0.2) is 12.8 Å². The Hall–Kier alpha value is -4.38. The third kappa shape index (κ3) is 7.57. The van der Waals surface area contributed by atoms with Gasteiger partial charge in [-0.1, -0.05) is 24.3 Å². The predicted octanol–water partition coefficient (Wildman–Crippen LogP) is 2.87. The maximum absolute atomic E-state index is 12.8. The number of anilines is 1. The SMILES string of the molecule is COc1ccccc1NS(=O)(=O)c1ccc(/C=C/C(=O)NNC(=O)COc2ccc(F)cc2)cc1. The normalized spacial score (nSPS) is 11.0. The summed E-state index contributed by atoms with van der Waals surface area (Å²) in [5.74, 6) is -0.975. The lowest BCUT2D eigenvalue weighted by atomic mass is 10.2. The van der Waals surface area contributed by atoms with Crippen molar-refractivity contribution >= 4 is 33.6 Å². The summed E-state index contributed by atoms with van der Waals surface area (Å²) < 4.78 is 50.9. The van der Waals surface area contributed by atoms with Gasteiger partial charge in [0.2, 0.25) is 0 Å². The summed E-state index contributed by atoms with van der Waals surface area (Å²) in [5, 5.41) is 0. The van der Waals surface area contributed by atoms with Gasteiger partial charge in [0.15, 0.2) is 6.61 Å². The van der Waals surface area contributed by atoms with Gasteiger partial charge in [0.1, 0.15) is 17.3 Å². The van der Waals surface area contributed by atoms with Crippen LogP contribution in [0.15, 0.2) is 83.8 Å². The van der Waals surface area contributed by atoms with E-state index in [2.05, 4.69) is 15.6 Å². The molecule has 0 aromatic heterocycles. The van der Waals surface area contributed by atoms with Crippen LogP contribution >= 0.6 is 0 Å². The second-order valence-corrected chi connectivity index (χ2v) is 8.67. The molecule has 0 bridgehead atoms. The van der Waals surface area contributed by atoms with E-state index in [1.807, 2.05) is 0 Å². The lowest BCUT2D eigenvalue weighted by molar-refractivity contribution is -0.128. The van der Waals surface area contributed by atoms with Crippen molar-refractivity contribution in [3.63, 3.8) is 0 Å². The van der Waals surface area contributed by atoms with Crippen LogP contribution in [-0.4, -0.2) is 33.9 Å². The fraction of sp³-hybridized carbons (Fsp3) is 0.0833. The average Bonchev–Trinajstić information content (AvgIpc) is 2.86. The van der Waals surface area contributed by atoms with Gasteiger partial charge in [-0.2, -0.15) is 0 Å². The molecule has 0 saturated carbocycles. The average molecular weight is 500 g/mol. The van der Waals surface area contributed by atoms with Crippen molar-refractivity contribution in [2.75, 3.05) is 18.4 Å². The van der Waals surface area contributed by atoms with E-state index in [9.17, 15) is 22.4 Å². The Bertz CT molecular complexity index is 1310. The van der Waals surface area contributed by atoms with Crippen molar-refractivity contribution in [2.24, 2.45) is 0 Å². The summed E-state index contributed by atoms with van der Waals surface area (Å²) in [6, 6.07) is 17.6. The van der Waals surface area contributed by atoms with Gasteiger partial charge in [0.05, 0.1) is 17.7 Å². The maximum Gasteiger partial charge on any atom is 0.276 e. The summed E-state index contributed by atoms with van der Waals surface area (Å²) in [4.78, 5) is 23.7. The highest BCUT2D eigenvalue weighted by molar-refractivity contribution is 7.92. The first-order valence-corrected chi connectivity index (χ1v) is 11.7. The molecule has 0 radical (unpaired) electrons. The van der Waals surface area contributed by atoms with Crippen LogP contribution in [0.4, 0.5) is 10.1 Å². The van der Waals surface area contributed by atoms with E-state index < -0.39 is 27.7 Å². The predicted molar refractivity (Wildman–Crippen MR) is 127 cm³/mol. The first kappa shape index (κ1) is 25.2. The van der Waals surface area contributed by atoms with Gasteiger partial charge in [-0.3, -0.25) is 25.2 Å². The molecule has 0 aliphatic carbocycles. The molecule has 0 fully saturated rings. The minimum absolute atomic E-state index is 0.0263. The summed E-state index contributed by atoms with van der Waals surface area (Å²) in [6.07, 6.45) is 2.61. The van der Waals surface area contributed by atoms with Gasteiger partial charge < -0.3 is 9.47 Å². The fourth-order valence-corrected chi connectivity index (χ4v) is 3.82. The summed E-state index contributed by atoms with van der Waals surface area (Å²) >= 11 is 0. The smallest absolute Gasteiger partial charge is 0.276 e. The second kappa shape index (κ2) is 11.7. The number of methoxy groups -OCH3 is 1. The first-order chi connectivity index (χ1) is 16.8. The van der Waals surface area contributed by atoms with Gasteiger partial charge in [-0.05, 0) is 60.2 Å². The quantitative estimate of drug-likeness (QED) is 0.307. The molecule has 0 aliphatic rings. The Morgan fingerprint density at radius 2 is 1.63 bits per heavy atom. The van der Waals surface area contributed by atoms with E-state index in [1.54, 1.807) is 24.3 Å². The minimum atomic E-state index is -3.85. The van der Waals surface area contributed by atoms with Crippen molar-refractivity contribution in [1.29, 1.82) is 0 Å². The Balaban J connectivity index is 1.49. The molecule has 0 aliphatic heterocycles. The van der Waals surface area contributed by atoms with Crippen LogP contribution in [0.25, 0.3) is 6.08 Å². The summed E-state index contributed by atoms with van der Waals surface area (Å²) in [6.45, 7) is -0.381. The topological polar surface area (TPSA) is 123 Å². The first-order valence-electron chi connectivity index (χ1n) is 10.2. The minimum Gasteiger partial charge on any atom is -0.495 e. The van der Waals surface area contributed by atoms with Crippen LogP contribution in [0.1, 0.15) is 5.56 Å². The van der Waals surface area contributed by atoms with Crippen molar-refractivity contribution in [3.05, 3.63) is 90.3 Å². The number of carbonyl (C=O) groups is 2. The number of hydrogen-bond acceptors (Lipinski definition) is 6. The molecular weight excluding hydrogens is 477 g/mol. The van der Waals surface area contributed by atoms with Crippen LogP contribution in [0.3, 0.4) is 0 Å². The number of rotatable bonds is 9. The molecule has 3 aromatic rings. The third-order valence-electron chi connectivity index (χ3n) is 4.48. The molecule has 3 aromatic carbocycles. The van der Waals surface area contributed by atoms with E-state index in [-0.39, 0.29) is 11.5 Å². The Morgan fingerprint density at radius 1 is 0.943 bits per heavy atom. The molecular formula is C24H22FN3O6S. The summed E-state index contributed by atoms with van der Waals surface area (Å²) in [5.41, 5.74) is 5.23. The van der Waals surface area contributed by atoms with E-state index in [0.29, 0.717) is 22.7 Å². The van der Waals surface area contributed by atoms with Gasteiger partial charge in [0.25, 0.3) is 21.8 Å². The highest BCUT2D eigenvalue weighted by Crippen LogP contribution is 2.26. The number of hydrogen-bond donors (Lipinski definition) is 3. The van der Waals surface area contributed by atoms with Crippen LogP contribution in [0, 0.1) is 5.82 Å². The number of carbonyl (C=O) groups excluding carboxylic acids is 2. The molecule has 0 unspecified atom stereocenters. The maximum atomic E-state index is 12.8. The fourth-order valence-electron chi connectivity index (χ4n) is 2.75. The number of nitrogens with one attached hydrogen (secondary N) is 3. The Kier molecular flexibility index (Phi) is 8.41. The van der Waals surface area contributed by atoms with Crippen molar-refractivity contribution < 1.29 is 31.9 Å². The van der Waals surface area contributed by atoms with Crippen LogP contribution < -0.4 is 25.0 Å². The van der Waals surface area contributed by atoms with Crippen LogP contribution in [-0.2, 0) is 19.6 Å². The lowest BCUT2D eigenvalue weighted by Crippen LogP contribution is -2.43. The van der Waals surface area contributed by atoms with Crippen LogP contribution in [0.5, 0.6) is 11.5 Å². The van der Waals surface area contributed by atoms with E-state index in [4.69, 9.17) is 9.47 Å². The monoisotopic (exact) mass is 499 g/mol. The number of ether oxygens (including phenoxy) is 2. The van der Waals surface area contributed by atoms with E-state index >= 15 is 0 Å². The highest BCUT2D eigenvalue weighted by atomic mass is 32.2. The molecule has 182 valence electrons. The number of amides is 2.